The first-order valence-corrected chi connectivity index (χ1v) is 15.7. The summed E-state index contributed by atoms with van der Waals surface area (Å²) in [6, 6.07) is 5.86. The maximum Gasteiger partial charge on any atom is 0.252 e. The van der Waals surface area contributed by atoms with Crippen molar-refractivity contribution in [1.82, 2.24) is 20.5 Å². The lowest BCUT2D eigenvalue weighted by Crippen LogP contribution is -2.58. The number of ether oxygens (including phenoxy) is 3. The highest BCUT2D eigenvalue weighted by Crippen LogP contribution is 2.28. The average Bonchev–Trinajstić information content (AvgIpc) is 3.64. The molecule has 15 heteroatoms. The number of aryl methyl sites for hydroxylation is 1. The van der Waals surface area contributed by atoms with Crippen molar-refractivity contribution in [2.75, 3.05) is 52.7 Å². The lowest BCUT2D eigenvalue weighted by atomic mass is 9.85. The zero-order chi connectivity index (χ0) is 32.8. The number of carbonyl (C=O) groups is 3. The van der Waals surface area contributed by atoms with Crippen LogP contribution in [-0.2, 0) is 35.1 Å². The standard InChI is InChI=1S/C30H43N7O7S/c1-20-26(45-19-33-20)22-7-5-21(6-8-22)17-37(28(40)24-15-23(38)16-32-24)29(41)27(30(2,3)4)35-25(39)18-44-14-13-43-12-11-42-10-9-34-36-31/h5-8,19,23-24,27,32,38H,9-18H2,1-4H3,(H,35,39)/t23-,24+,27-/m1/s1. The number of aliphatic hydroxyl groups excluding tert-OH is 1. The highest BCUT2D eigenvalue weighted by Gasteiger charge is 2.41. The summed E-state index contributed by atoms with van der Waals surface area (Å²) in [6.45, 7) is 8.92. The molecular weight excluding hydrogens is 602 g/mol. The van der Waals surface area contributed by atoms with Crippen LogP contribution >= 0.6 is 11.3 Å². The van der Waals surface area contributed by atoms with E-state index in [1.54, 1.807) is 5.51 Å². The molecule has 2 heterocycles. The van der Waals surface area contributed by atoms with Gasteiger partial charge in [-0.3, -0.25) is 19.3 Å². The Hall–Kier alpha value is -3.43. The molecule has 1 aliphatic heterocycles. The van der Waals surface area contributed by atoms with Crippen LogP contribution in [0.15, 0.2) is 34.9 Å². The molecule has 1 saturated heterocycles. The third-order valence-corrected chi connectivity index (χ3v) is 8.01. The topological polar surface area (TPSA) is 188 Å². The van der Waals surface area contributed by atoms with E-state index in [9.17, 15) is 19.5 Å². The molecule has 3 rings (SSSR count). The van der Waals surface area contributed by atoms with Crippen LogP contribution in [0.1, 0.15) is 38.4 Å². The fraction of sp³-hybridized carbons (Fsp3) is 0.600. The molecule has 1 aromatic heterocycles. The van der Waals surface area contributed by atoms with Gasteiger partial charge in [0, 0.05) is 18.0 Å². The summed E-state index contributed by atoms with van der Waals surface area (Å²) >= 11 is 1.54. The van der Waals surface area contributed by atoms with E-state index < -0.39 is 41.3 Å². The number of amides is 3. The second-order valence-corrected chi connectivity index (χ2v) is 12.5. The Morgan fingerprint density at radius 2 is 1.82 bits per heavy atom. The van der Waals surface area contributed by atoms with E-state index in [0.29, 0.717) is 19.8 Å². The van der Waals surface area contributed by atoms with E-state index >= 15 is 0 Å². The molecule has 0 radical (unpaired) electrons. The van der Waals surface area contributed by atoms with Crippen LogP contribution in [0.25, 0.3) is 20.9 Å². The predicted octanol–water partition coefficient (Wildman–Crippen LogP) is 2.59. The fourth-order valence-electron chi connectivity index (χ4n) is 4.64. The molecule has 45 heavy (non-hydrogen) atoms. The van der Waals surface area contributed by atoms with Crippen LogP contribution < -0.4 is 10.6 Å². The summed E-state index contributed by atoms with van der Waals surface area (Å²) in [4.78, 5) is 49.8. The lowest BCUT2D eigenvalue weighted by molar-refractivity contribution is -0.151. The number of azide groups is 1. The highest BCUT2D eigenvalue weighted by molar-refractivity contribution is 7.13. The highest BCUT2D eigenvalue weighted by atomic mass is 32.1. The number of imide groups is 1. The Morgan fingerprint density at radius 1 is 1.16 bits per heavy atom. The van der Waals surface area contributed by atoms with Gasteiger partial charge in [0.2, 0.25) is 11.8 Å². The molecule has 0 bridgehead atoms. The van der Waals surface area contributed by atoms with Gasteiger partial charge in [-0.05, 0) is 35.4 Å². The van der Waals surface area contributed by atoms with Crippen molar-refractivity contribution in [1.29, 1.82) is 0 Å². The first-order chi connectivity index (χ1) is 21.5. The molecule has 0 aliphatic carbocycles. The third-order valence-electron chi connectivity index (χ3n) is 7.03. The van der Waals surface area contributed by atoms with E-state index in [0.717, 1.165) is 21.7 Å². The zero-order valence-electron chi connectivity index (χ0n) is 26.2. The molecule has 1 aliphatic rings. The number of aliphatic hydroxyl groups is 1. The number of nitrogens with zero attached hydrogens (tertiary/aromatic N) is 5. The minimum atomic E-state index is -1.03. The number of hydrogen-bond donors (Lipinski definition) is 3. The van der Waals surface area contributed by atoms with Gasteiger partial charge < -0.3 is 30.0 Å². The van der Waals surface area contributed by atoms with Gasteiger partial charge >= 0.3 is 0 Å². The van der Waals surface area contributed by atoms with Gasteiger partial charge in [-0.2, -0.15) is 0 Å². The van der Waals surface area contributed by atoms with E-state index in [2.05, 4.69) is 25.6 Å². The maximum absolute atomic E-state index is 14.1. The van der Waals surface area contributed by atoms with Crippen molar-refractivity contribution < 1.29 is 33.7 Å². The van der Waals surface area contributed by atoms with Crippen LogP contribution in [-0.4, -0.2) is 104 Å². The summed E-state index contributed by atoms with van der Waals surface area (Å²) < 4.78 is 16.1. The minimum absolute atomic E-state index is 0.000561. The number of carbonyl (C=O) groups excluding carboxylic acids is 3. The molecule has 2 aromatic rings. The van der Waals surface area contributed by atoms with Crippen molar-refractivity contribution in [3.05, 3.63) is 51.5 Å². The van der Waals surface area contributed by atoms with Gasteiger partial charge in [0.25, 0.3) is 5.91 Å². The van der Waals surface area contributed by atoms with E-state index in [-0.39, 0.29) is 45.9 Å². The number of β-amino-alcohol motifs (C(OH)–C–C–N with tert-alkyl or cyclic N) is 1. The Morgan fingerprint density at radius 3 is 2.40 bits per heavy atom. The summed E-state index contributed by atoms with van der Waals surface area (Å²) in [6.07, 6.45) is -0.495. The van der Waals surface area contributed by atoms with Crippen molar-refractivity contribution in [3.8, 4) is 10.4 Å². The van der Waals surface area contributed by atoms with Crippen LogP contribution in [0.5, 0.6) is 0 Å². The van der Waals surface area contributed by atoms with Crippen LogP contribution in [0.3, 0.4) is 0 Å². The second-order valence-electron chi connectivity index (χ2n) is 11.7. The number of aromatic nitrogens is 1. The quantitative estimate of drug-likeness (QED) is 0.101. The molecule has 0 unspecified atom stereocenters. The molecule has 0 spiro atoms. The summed E-state index contributed by atoms with van der Waals surface area (Å²) in [5.74, 6) is -1.51. The van der Waals surface area contributed by atoms with E-state index in [1.165, 1.54) is 16.2 Å². The molecule has 14 nitrogen and oxygen atoms in total. The fourth-order valence-corrected chi connectivity index (χ4v) is 5.45. The monoisotopic (exact) mass is 645 g/mol. The van der Waals surface area contributed by atoms with Crippen molar-refractivity contribution in [3.63, 3.8) is 0 Å². The number of nitrogens with one attached hydrogen (secondary N) is 2. The van der Waals surface area contributed by atoms with Gasteiger partial charge in [-0.25, -0.2) is 4.98 Å². The third kappa shape index (κ3) is 11.5. The van der Waals surface area contributed by atoms with Crippen LogP contribution in [0, 0.1) is 12.3 Å². The Bertz CT molecular complexity index is 1310. The second kappa shape index (κ2) is 17.9. The van der Waals surface area contributed by atoms with Crippen LogP contribution in [0.4, 0.5) is 0 Å². The largest absolute Gasteiger partial charge is 0.392 e. The Kier molecular flexibility index (Phi) is 14.3. The maximum atomic E-state index is 14.1. The molecular formula is C30H43N7O7S. The van der Waals surface area contributed by atoms with E-state index in [1.807, 2.05) is 52.0 Å². The molecule has 246 valence electrons. The van der Waals surface area contributed by atoms with Gasteiger partial charge in [0.15, 0.2) is 0 Å². The molecule has 1 aromatic carbocycles. The Labute approximate surface area is 267 Å². The number of thiazole rings is 1. The first kappa shape index (κ1) is 36.0. The van der Waals surface area contributed by atoms with E-state index in [4.69, 9.17) is 19.7 Å². The normalized spacial score (nSPS) is 17.0. The first-order valence-electron chi connectivity index (χ1n) is 14.8. The molecule has 0 saturated carbocycles. The molecule has 3 N–H and O–H groups in total. The number of hydrogen-bond acceptors (Lipinski definition) is 11. The predicted molar refractivity (Wildman–Crippen MR) is 168 cm³/mol. The number of benzene rings is 1. The van der Waals surface area contributed by atoms with Gasteiger partial charge in [0.1, 0.15) is 12.6 Å². The smallest absolute Gasteiger partial charge is 0.252 e. The zero-order valence-corrected chi connectivity index (χ0v) is 27.0. The average molecular weight is 646 g/mol. The van der Waals surface area contributed by atoms with Crippen molar-refractivity contribution in [2.45, 2.75) is 58.8 Å². The SMILES string of the molecule is Cc1ncsc1-c1ccc(CN(C(=O)[C@@H]2C[C@@H](O)CN2)C(=O)[C@@H](NC(=O)COCCOCCOCCN=[N+]=[N-])C(C)(C)C)cc1. The number of rotatable bonds is 17. The summed E-state index contributed by atoms with van der Waals surface area (Å²) in [7, 11) is 0. The lowest BCUT2D eigenvalue weighted by Gasteiger charge is -2.35. The van der Waals surface area contributed by atoms with Gasteiger partial charge in [-0.15, -0.1) is 11.3 Å². The minimum Gasteiger partial charge on any atom is -0.392 e. The summed E-state index contributed by atoms with van der Waals surface area (Å²) in [5.41, 5.74) is 11.9. The molecule has 1 fully saturated rings. The van der Waals surface area contributed by atoms with Crippen molar-refractivity contribution in [2.24, 2.45) is 10.5 Å². The van der Waals surface area contributed by atoms with Crippen molar-refractivity contribution >= 4 is 29.1 Å². The van der Waals surface area contributed by atoms with Gasteiger partial charge in [0.05, 0.1) is 67.8 Å². The molecule has 3 atom stereocenters. The Balaban J connectivity index is 1.62. The van der Waals surface area contributed by atoms with Gasteiger partial charge in [-0.1, -0.05) is 50.2 Å². The summed E-state index contributed by atoms with van der Waals surface area (Å²) in [5, 5.41) is 19.2. The molecule has 3 amide bonds. The van der Waals surface area contributed by atoms with Crippen LogP contribution in [0.2, 0.25) is 0 Å².